The summed E-state index contributed by atoms with van der Waals surface area (Å²) in [5.41, 5.74) is 2.47. The Morgan fingerprint density at radius 3 is 1.69 bits per heavy atom. The molecule has 6 aromatic rings. The van der Waals surface area contributed by atoms with Crippen molar-refractivity contribution >= 4 is 35.0 Å². The number of carbonyl (C=O) groups excluding carboxylic acids is 4. The van der Waals surface area contributed by atoms with Crippen LogP contribution in [0, 0.1) is 23.5 Å². The first-order valence-corrected chi connectivity index (χ1v) is 22.0. The zero-order valence-corrected chi connectivity index (χ0v) is 37.2. The number of benzene rings is 4. The van der Waals surface area contributed by atoms with Gasteiger partial charge in [-0.15, -0.1) is 13.2 Å². The highest BCUT2D eigenvalue weighted by molar-refractivity contribution is 5.98. The number of ether oxygens (including phenoxy) is 1. The van der Waals surface area contributed by atoms with Crippen molar-refractivity contribution in [2.45, 2.75) is 43.9 Å². The van der Waals surface area contributed by atoms with Crippen molar-refractivity contribution in [1.29, 1.82) is 0 Å². The van der Waals surface area contributed by atoms with Gasteiger partial charge in [0.05, 0.1) is 24.9 Å². The van der Waals surface area contributed by atoms with E-state index in [2.05, 4.69) is 25.3 Å². The minimum absolute atomic E-state index is 0.156. The highest BCUT2D eigenvalue weighted by Gasteiger charge is 2.46. The zero-order chi connectivity index (χ0) is 50.7. The van der Waals surface area contributed by atoms with Crippen LogP contribution in [0.25, 0.3) is 22.3 Å². The summed E-state index contributed by atoms with van der Waals surface area (Å²) in [6, 6.07) is 24.1. The van der Waals surface area contributed by atoms with Crippen molar-refractivity contribution < 1.29 is 63.4 Å². The smallest absolute Gasteiger partial charge is 0.406 e. The number of anilines is 2. The number of aromatic nitrogens is 2. The number of piperidine rings is 2. The van der Waals surface area contributed by atoms with Crippen molar-refractivity contribution in [2.75, 3.05) is 36.8 Å². The fourth-order valence-corrected chi connectivity index (χ4v) is 8.66. The number of hydrogen-bond donors (Lipinski definition) is 2. The van der Waals surface area contributed by atoms with E-state index in [4.69, 9.17) is 0 Å². The molecule has 2 aliphatic heterocycles. The Morgan fingerprint density at radius 2 is 1.13 bits per heavy atom. The number of pyridine rings is 2. The summed E-state index contributed by atoms with van der Waals surface area (Å²) >= 11 is 0. The molecule has 4 amide bonds. The van der Waals surface area contributed by atoms with Crippen LogP contribution in [-0.2, 0) is 22.4 Å². The lowest BCUT2D eigenvalue weighted by molar-refractivity contribution is -0.274. The Hall–Kier alpha value is -7.77. The van der Waals surface area contributed by atoms with Crippen LogP contribution in [0.5, 0.6) is 5.75 Å². The molecule has 20 heteroatoms. The highest BCUT2D eigenvalue weighted by Crippen LogP contribution is 2.35. The molecule has 11 nitrogen and oxygen atoms in total. The zero-order valence-electron chi connectivity index (χ0n) is 37.2. The third kappa shape index (κ3) is 12.9. The van der Waals surface area contributed by atoms with Gasteiger partial charge in [0.15, 0.2) is 0 Å². The average Bonchev–Trinajstić information content (AvgIpc) is 3.31. The molecule has 0 radical (unpaired) electrons. The van der Waals surface area contributed by atoms with Crippen LogP contribution < -0.4 is 15.4 Å². The predicted molar refractivity (Wildman–Crippen MR) is 241 cm³/mol. The Kier molecular flexibility index (Phi) is 14.2. The molecule has 2 fully saturated rings. The average molecular weight is 989 g/mol. The topological polar surface area (TPSA) is 134 Å². The number of rotatable bonds is 12. The minimum atomic E-state index is -5.02. The second kappa shape index (κ2) is 20.3. The summed E-state index contributed by atoms with van der Waals surface area (Å²) in [5.74, 6) is -15.6. The van der Waals surface area contributed by atoms with Gasteiger partial charge in [0.25, 0.3) is 23.7 Å². The van der Waals surface area contributed by atoms with E-state index in [9.17, 15) is 36.7 Å². The maximum atomic E-state index is 15.2. The first kappa shape index (κ1) is 49.6. The van der Waals surface area contributed by atoms with Crippen LogP contribution in [0.3, 0.4) is 0 Å². The van der Waals surface area contributed by atoms with Crippen molar-refractivity contribution in [3.63, 3.8) is 0 Å². The second-order valence-corrected chi connectivity index (χ2v) is 17.4. The van der Waals surface area contributed by atoms with Crippen molar-refractivity contribution in [1.82, 2.24) is 19.8 Å². The van der Waals surface area contributed by atoms with Crippen LogP contribution in [0.1, 0.15) is 44.8 Å². The fraction of sp³-hybridized carbons (Fsp3) is 0.255. The van der Waals surface area contributed by atoms with Gasteiger partial charge in [0, 0.05) is 78.8 Å². The lowest BCUT2D eigenvalue weighted by atomic mass is 9.93. The molecule has 2 saturated heterocycles. The molecular weight excluding hydrogens is 948 g/mol. The van der Waals surface area contributed by atoms with Gasteiger partial charge in [0.1, 0.15) is 17.4 Å². The maximum Gasteiger partial charge on any atom is 0.573 e. The molecule has 0 aliphatic carbocycles. The third-order valence-corrected chi connectivity index (χ3v) is 11.8. The van der Waals surface area contributed by atoms with Crippen molar-refractivity contribution in [3.05, 3.63) is 162 Å². The van der Waals surface area contributed by atoms with Gasteiger partial charge in [-0.3, -0.25) is 29.1 Å². The number of aryl methyl sites for hydroxylation is 2. The standard InChI is InChI=1S/C51H41F9N6O5/c52-39-18-33(31-9-12-61-13-10-31)16-35(20-39)47(69)65-26-37(24-49(54,55)28-65)45(67)63-42-4-1-3-30(15-42)7-8-41-22-32(11-14-62-41)34-17-36(21-40(53)19-34)48(70)66-27-38(25-50(56,57)29-66)46(68)64-43-5-2-6-44(23-43)71-51(58,59)60/h1-6,9-23,37-38H,7-8,24-29H2,(H,63,67)(H,64,68). The van der Waals surface area contributed by atoms with Crippen molar-refractivity contribution in [3.8, 4) is 28.0 Å². The molecule has 2 N–H and O–H groups in total. The molecule has 2 atom stereocenters. The van der Waals surface area contributed by atoms with Crippen LogP contribution in [0.15, 0.2) is 128 Å². The molecule has 71 heavy (non-hydrogen) atoms. The Balaban J connectivity index is 0.897. The summed E-state index contributed by atoms with van der Waals surface area (Å²) < 4.78 is 132. The number of likely N-dealkylation sites (tertiary alicyclic amines) is 2. The SMILES string of the molecule is O=C(Nc1cccc(CCc2cc(-c3cc(F)cc(C(=O)N4CC(C(=O)Nc5cccc(OC(F)(F)F)c5)CC(F)(F)C4)c3)ccn2)c1)C1CN(C(=O)c2cc(F)cc(-c3ccncc3)c2)CC(F)(F)C1. The number of carbonyl (C=O) groups is 4. The molecule has 2 aliphatic rings. The van der Waals surface area contributed by atoms with Crippen LogP contribution in [0.4, 0.5) is 50.9 Å². The van der Waals surface area contributed by atoms with E-state index in [1.807, 2.05) is 0 Å². The summed E-state index contributed by atoms with van der Waals surface area (Å²) in [7, 11) is 0. The summed E-state index contributed by atoms with van der Waals surface area (Å²) in [6.45, 7) is -2.88. The van der Waals surface area contributed by atoms with Gasteiger partial charge in [-0.25, -0.2) is 26.3 Å². The van der Waals surface area contributed by atoms with Gasteiger partial charge in [0.2, 0.25) is 11.8 Å². The van der Waals surface area contributed by atoms with E-state index < -0.39 is 104 Å². The maximum absolute atomic E-state index is 15.2. The molecule has 4 heterocycles. The van der Waals surface area contributed by atoms with E-state index in [-0.39, 0.29) is 28.9 Å². The first-order valence-electron chi connectivity index (χ1n) is 22.0. The van der Waals surface area contributed by atoms with Crippen molar-refractivity contribution in [2.24, 2.45) is 11.8 Å². The Labute approximate surface area is 399 Å². The van der Waals surface area contributed by atoms with E-state index in [0.29, 0.717) is 46.5 Å². The molecule has 2 unspecified atom stereocenters. The van der Waals surface area contributed by atoms with Gasteiger partial charge in [-0.05, 0) is 126 Å². The molecule has 0 saturated carbocycles. The van der Waals surface area contributed by atoms with Gasteiger partial charge >= 0.3 is 6.36 Å². The van der Waals surface area contributed by atoms with Crippen LogP contribution in [-0.4, -0.2) is 87.8 Å². The van der Waals surface area contributed by atoms with E-state index >= 15 is 22.0 Å². The normalized spacial score (nSPS) is 17.5. The van der Waals surface area contributed by atoms with E-state index in [1.54, 1.807) is 48.5 Å². The molecule has 368 valence electrons. The number of nitrogens with one attached hydrogen (secondary N) is 2. The third-order valence-electron chi connectivity index (χ3n) is 11.8. The number of hydrogen-bond acceptors (Lipinski definition) is 7. The largest absolute Gasteiger partial charge is 0.573 e. The van der Waals surface area contributed by atoms with Crippen LogP contribution >= 0.6 is 0 Å². The van der Waals surface area contributed by atoms with Gasteiger partial charge in [-0.2, -0.15) is 0 Å². The lowest BCUT2D eigenvalue weighted by Gasteiger charge is -2.37. The number of alkyl halides is 7. The lowest BCUT2D eigenvalue weighted by Crippen LogP contribution is -2.52. The van der Waals surface area contributed by atoms with Gasteiger partial charge < -0.3 is 25.2 Å². The number of amides is 4. The van der Waals surface area contributed by atoms with Crippen LogP contribution in [0.2, 0.25) is 0 Å². The van der Waals surface area contributed by atoms with Gasteiger partial charge in [-0.1, -0.05) is 18.2 Å². The predicted octanol–water partition coefficient (Wildman–Crippen LogP) is 10.2. The summed E-state index contributed by atoms with van der Waals surface area (Å²) in [5, 5.41) is 4.97. The minimum Gasteiger partial charge on any atom is -0.406 e. The summed E-state index contributed by atoms with van der Waals surface area (Å²) in [4.78, 5) is 63.7. The molecule has 0 bridgehead atoms. The monoisotopic (exact) mass is 988 g/mol. The highest BCUT2D eigenvalue weighted by atomic mass is 19.4. The second-order valence-electron chi connectivity index (χ2n) is 17.4. The first-order chi connectivity index (χ1) is 33.6. The van der Waals surface area contributed by atoms with E-state index in [0.717, 1.165) is 46.2 Å². The van der Waals surface area contributed by atoms with E-state index in [1.165, 1.54) is 42.9 Å². The Morgan fingerprint density at radius 1 is 0.606 bits per heavy atom. The molecule has 4 aromatic carbocycles. The quantitative estimate of drug-likeness (QED) is 0.117. The molecule has 8 rings (SSSR count). The molecule has 2 aromatic heterocycles. The molecular formula is C51H41F9N6O5. The summed E-state index contributed by atoms with van der Waals surface area (Å²) in [6.07, 6.45) is -1.70. The molecule has 0 spiro atoms. The fourth-order valence-electron chi connectivity index (χ4n) is 8.66. The number of nitrogens with zero attached hydrogens (tertiary/aromatic N) is 4. The Bertz CT molecular complexity index is 2980. The number of halogens is 9.